The van der Waals surface area contributed by atoms with Gasteiger partial charge in [-0.25, -0.2) is 0 Å². The fraction of sp³-hybridized carbons (Fsp3) is 0.923. The van der Waals surface area contributed by atoms with Crippen LogP contribution in [0.3, 0.4) is 0 Å². The van der Waals surface area contributed by atoms with Gasteiger partial charge in [0.15, 0.2) is 0 Å². The van der Waals surface area contributed by atoms with E-state index >= 15 is 0 Å². The van der Waals surface area contributed by atoms with Crippen molar-refractivity contribution in [2.45, 2.75) is 65.9 Å². The Labute approximate surface area is 98.9 Å². The molecule has 0 aromatic carbocycles. The van der Waals surface area contributed by atoms with Crippen molar-refractivity contribution < 1.29 is 15.0 Å². The van der Waals surface area contributed by atoms with Crippen LogP contribution in [0, 0.1) is 11.3 Å². The van der Waals surface area contributed by atoms with Crippen LogP contribution >= 0.6 is 0 Å². The highest BCUT2D eigenvalue weighted by atomic mass is 16.4. The van der Waals surface area contributed by atoms with Crippen LogP contribution in [0.4, 0.5) is 0 Å². The lowest BCUT2D eigenvalue weighted by Crippen LogP contribution is -2.34. The quantitative estimate of drug-likeness (QED) is 0.728. The molecule has 1 rings (SSSR count). The minimum atomic E-state index is -0.833. The van der Waals surface area contributed by atoms with Crippen LogP contribution in [-0.2, 0) is 4.79 Å². The van der Waals surface area contributed by atoms with E-state index < -0.39 is 5.97 Å². The SMILES string of the molecule is CC(=O)O.CC(C)(C)C(O)C1CCCCC1. The number of carboxylic acid groups (broad SMARTS) is 1. The molecular formula is C13H26O3. The van der Waals surface area contributed by atoms with E-state index in [1.54, 1.807) is 0 Å². The second-order valence-corrected chi connectivity index (χ2v) is 5.73. The standard InChI is InChI=1S/C11H22O.C2H4O2/c1-11(2,3)10(12)9-7-5-4-6-8-9;1-2(3)4/h9-10,12H,4-8H2,1-3H3;1H3,(H,3,4). The van der Waals surface area contributed by atoms with E-state index in [2.05, 4.69) is 20.8 Å². The Balaban J connectivity index is 0.000000487. The van der Waals surface area contributed by atoms with Crippen LogP contribution in [0.25, 0.3) is 0 Å². The zero-order valence-corrected chi connectivity index (χ0v) is 11.0. The molecule has 0 radical (unpaired) electrons. The maximum Gasteiger partial charge on any atom is 0.300 e. The highest BCUT2D eigenvalue weighted by Gasteiger charge is 2.30. The van der Waals surface area contributed by atoms with Crippen molar-refractivity contribution in [1.29, 1.82) is 0 Å². The molecule has 1 unspecified atom stereocenters. The molecule has 3 nitrogen and oxygen atoms in total. The van der Waals surface area contributed by atoms with E-state index in [0.717, 1.165) is 6.92 Å². The molecule has 96 valence electrons. The number of rotatable bonds is 1. The first-order chi connectivity index (χ1) is 7.25. The van der Waals surface area contributed by atoms with E-state index in [1.165, 1.54) is 32.1 Å². The molecule has 0 aromatic heterocycles. The molecule has 16 heavy (non-hydrogen) atoms. The van der Waals surface area contributed by atoms with Crippen molar-refractivity contribution in [3.05, 3.63) is 0 Å². The van der Waals surface area contributed by atoms with Gasteiger partial charge in [-0.2, -0.15) is 0 Å². The lowest BCUT2D eigenvalue weighted by Gasteiger charge is -2.35. The Morgan fingerprint density at radius 1 is 1.19 bits per heavy atom. The highest BCUT2D eigenvalue weighted by Crippen LogP contribution is 2.34. The fourth-order valence-corrected chi connectivity index (χ4v) is 2.16. The van der Waals surface area contributed by atoms with Crippen LogP contribution in [-0.4, -0.2) is 22.3 Å². The van der Waals surface area contributed by atoms with Crippen LogP contribution < -0.4 is 0 Å². The summed E-state index contributed by atoms with van der Waals surface area (Å²) in [5, 5.41) is 17.4. The summed E-state index contributed by atoms with van der Waals surface area (Å²) in [7, 11) is 0. The Morgan fingerprint density at radius 2 is 1.56 bits per heavy atom. The molecule has 0 saturated heterocycles. The molecule has 0 bridgehead atoms. The maximum absolute atomic E-state index is 10.0. The Bertz CT molecular complexity index is 196. The number of carboxylic acids is 1. The minimum Gasteiger partial charge on any atom is -0.481 e. The van der Waals surface area contributed by atoms with Crippen molar-refractivity contribution in [2.24, 2.45) is 11.3 Å². The fourth-order valence-electron chi connectivity index (χ4n) is 2.16. The van der Waals surface area contributed by atoms with Gasteiger partial charge in [0.25, 0.3) is 5.97 Å². The van der Waals surface area contributed by atoms with Gasteiger partial charge in [0.1, 0.15) is 0 Å². The summed E-state index contributed by atoms with van der Waals surface area (Å²) in [5.41, 5.74) is 0.0714. The lowest BCUT2D eigenvalue weighted by molar-refractivity contribution is -0.134. The Hall–Kier alpha value is -0.570. The van der Waals surface area contributed by atoms with E-state index in [-0.39, 0.29) is 11.5 Å². The third kappa shape index (κ3) is 6.83. The van der Waals surface area contributed by atoms with Gasteiger partial charge in [-0.05, 0) is 24.2 Å². The van der Waals surface area contributed by atoms with Crippen molar-refractivity contribution in [2.75, 3.05) is 0 Å². The number of carbonyl (C=O) groups is 1. The highest BCUT2D eigenvalue weighted by molar-refractivity contribution is 5.62. The molecule has 0 aromatic rings. The second-order valence-electron chi connectivity index (χ2n) is 5.73. The maximum atomic E-state index is 10.0. The second kappa shape index (κ2) is 6.89. The van der Waals surface area contributed by atoms with E-state index in [4.69, 9.17) is 9.90 Å². The first kappa shape index (κ1) is 15.4. The summed E-state index contributed by atoms with van der Waals surface area (Å²) < 4.78 is 0. The molecule has 1 fully saturated rings. The molecule has 1 aliphatic carbocycles. The zero-order chi connectivity index (χ0) is 12.8. The average molecular weight is 230 g/mol. The molecule has 0 amide bonds. The van der Waals surface area contributed by atoms with Crippen LogP contribution in [0.2, 0.25) is 0 Å². The van der Waals surface area contributed by atoms with Gasteiger partial charge in [-0.15, -0.1) is 0 Å². The molecule has 0 aliphatic heterocycles. The summed E-state index contributed by atoms with van der Waals surface area (Å²) in [6.45, 7) is 7.48. The number of hydrogen-bond acceptors (Lipinski definition) is 2. The topological polar surface area (TPSA) is 57.5 Å². The third-order valence-corrected chi connectivity index (χ3v) is 2.98. The van der Waals surface area contributed by atoms with Crippen LogP contribution in [0.1, 0.15) is 59.8 Å². The lowest BCUT2D eigenvalue weighted by atomic mass is 9.75. The summed E-state index contributed by atoms with van der Waals surface area (Å²) in [4.78, 5) is 9.00. The number of aliphatic carboxylic acids is 1. The van der Waals surface area contributed by atoms with Gasteiger partial charge >= 0.3 is 0 Å². The monoisotopic (exact) mass is 230 g/mol. The summed E-state index contributed by atoms with van der Waals surface area (Å²) >= 11 is 0. The van der Waals surface area contributed by atoms with Gasteiger partial charge in [-0.1, -0.05) is 40.0 Å². The summed E-state index contributed by atoms with van der Waals surface area (Å²) in [6, 6.07) is 0. The minimum absolute atomic E-state index is 0.0714. The molecule has 0 spiro atoms. The summed E-state index contributed by atoms with van der Waals surface area (Å²) in [5.74, 6) is -0.265. The van der Waals surface area contributed by atoms with Crippen molar-refractivity contribution in [3.8, 4) is 0 Å². The molecule has 1 saturated carbocycles. The molecule has 1 aliphatic rings. The van der Waals surface area contributed by atoms with Crippen molar-refractivity contribution in [1.82, 2.24) is 0 Å². The predicted octanol–water partition coefficient (Wildman–Crippen LogP) is 3.06. The smallest absolute Gasteiger partial charge is 0.300 e. The molecule has 3 heteroatoms. The normalized spacial score (nSPS) is 19.6. The zero-order valence-electron chi connectivity index (χ0n) is 11.0. The molecule has 0 heterocycles. The Kier molecular flexibility index (Phi) is 6.65. The van der Waals surface area contributed by atoms with Gasteiger partial charge in [-0.3, -0.25) is 4.79 Å². The third-order valence-electron chi connectivity index (χ3n) is 2.98. The Morgan fingerprint density at radius 3 is 1.88 bits per heavy atom. The van der Waals surface area contributed by atoms with Gasteiger partial charge < -0.3 is 10.2 Å². The number of aliphatic hydroxyl groups excluding tert-OH is 1. The molecular weight excluding hydrogens is 204 g/mol. The molecule has 2 N–H and O–H groups in total. The van der Waals surface area contributed by atoms with Crippen LogP contribution in [0.5, 0.6) is 0 Å². The average Bonchev–Trinajstić information content (AvgIpc) is 2.16. The predicted molar refractivity (Wildman–Crippen MR) is 65.3 cm³/mol. The molecule has 1 atom stereocenters. The van der Waals surface area contributed by atoms with Gasteiger partial charge in [0.2, 0.25) is 0 Å². The van der Waals surface area contributed by atoms with Crippen molar-refractivity contribution in [3.63, 3.8) is 0 Å². The van der Waals surface area contributed by atoms with Crippen molar-refractivity contribution >= 4 is 5.97 Å². The van der Waals surface area contributed by atoms with Crippen LogP contribution in [0.15, 0.2) is 0 Å². The first-order valence-electron chi connectivity index (χ1n) is 6.12. The number of hydrogen-bond donors (Lipinski definition) is 2. The number of aliphatic hydroxyl groups is 1. The van der Waals surface area contributed by atoms with Gasteiger partial charge in [0.05, 0.1) is 6.10 Å². The van der Waals surface area contributed by atoms with E-state index in [1.807, 2.05) is 0 Å². The van der Waals surface area contributed by atoms with E-state index in [9.17, 15) is 5.11 Å². The van der Waals surface area contributed by atoms with Gasteiger partial charge in [0, 0.05) is 6.92 Å². The van der Waals surface area contributed by atoms with E-state index in [0.29, 0.717) is 5.92 Å². The largest absolute Gasteiger partial charge is 0.481 e. The first-order valence-corrected chi connectivity index (χ1v) is 6.12. The summed E-state index contributed by atoms with van der Waals surface area (Å²) in [6.07, 6.45) is 6.37.